The van der Waals surface area contributed by atoms with E-state index in [1.54, 1.807) is 7.11 Å². The molecule has 4 heteroatoms. The molecule has 2 rings (SSSR count). The Balaban J connectivity index is 1.91. The lowest BCUT2D eigenvalue weighted by atomic mass is 9.77. The summed E-state index contributed by atoms with van der Waals surface area (Å²) in [5.74, 6) is 0.268. The molecule has 0 radical (unpaired) electrons. The first kappa shape index (κ1) is 14.8. The summed E-state index contributed by atoms with van der Waals surface area (Å²) in [5, 5.41) is 0. The minimum Gasteiger partial charge on any atom is -0.378 e. The van der Waals surface area contributed by atoms with Crippen LogP contribution in [-0.2, 0) is 9.53 Å². The maximum absolute atomic E-state index is 12.5. The highest BCUT2D eigenvalue weighted by Crippen LogP contribution is 2.38. The van der Waals surface area contributed by atoms with Crippen molar-refractivity contribution in [3.8, 4) is 0 Å². The maximum atomic E-state index is 12.5. The standard InChI is InChI=1S/C15H28N2O2/c1-3-17(13-7-5-12(16)6-8-13)14(18)11-15(19-2)9-4-10-15/h12-13H,3-11,16H2,1-2H3. The van der Waals surface area contributed by atoms with Gasteiger partial charge in [-0.05, 0) is 51.9 Å². The van der Waals surface area contributed by atoms with Crippen LogP contribution in [-0.4, -0.2) is 42.1 Å². The van der Waals surface area contributed by atoms with Crippen molar-refractivity contribution in [2.75, 3.05) is 13.7 Å². The van der Waals surface area contributed by atoms with E-state index >= 15 is 0 Å². The number of carbonyl (C=O) groups excluding carboxylic acids is 1. The summed E-state index contributed by atoms with van der Waals surface area (Å²) in [7, 11) is 1.74. The van der Waals surface area contributed by atoms with Gasteiger partial charge in [0.05, 0.1) is 12.0 Å². The largest absolute Gasteiger partial charge is 0.378 e. The highest BCUT2D eigenvalue weighted by Gasteiger charge is 2.40. The van der Waals surface area contributed by atoms with Gasteiger partial charge >= 0.3 is 0 Å². The van der Waals surface area contributed by atoms with Crippen LogP contribution in [0.3, 0.4) is 0 Å². The SMILES string of the molecule is CCN(C(=O)CC1(OC)CCC1)C1CCC(N)CC1. The molecule has 0 aromatic rings. The lowest BCUT2D eigenvalue weighted by Crippen LogP contribution is -2.49. The molecule has 2 N–H and O–H groups in total. The maximum Gasteiger partial charge on any atom is 0.225 e. The third-order valence-corrected chi connectivity index (χ3v) is 5.01. The molecular formula is C15H28N2O2. The van der Waals surface area contributed by atoms with Crippen LogP contribution in [0.25, 0.3) is 0 Å². The Morgan fingerprint density at radius 1 is 1.32 bits per heavy atom. The van der Waals surface area contributed by atoms with Gasteiger partial charge in [-0.25, -0.2) is 0 Å². The molecule has 2 fully saturated rings. The summed E-state index contributed by atoms with van der Waals surface area (Å²) in [5.41, 5.74) is 5.79. The monoisotopic (exact) mass is 268 g/mol. The molecule has 0 aromatic carbocycles. The molecular weight excluding hydrogens is 240 g/mol. The van der Waals surface area contributed by atoms with Gasteiger partial charge in [-0.2, -0.15) is 0 Å². The Morgan fingerprint density at radius 2 is 1.95 bits per heavy atom. The van der Waals surface area contributed by atoms with Gasteiger partial charge in [0.2, 0.25) is 5.91 Å². The number of nitrogens with two attached hydrogens (primary N) is 1. The molecule has 0 heterocycles. The molecule has 0 atom stereocenters. The third kappa shape index (κ3) is 3.29. The van der Waals surface area contributed by atoms with Crippen molar-refractivity contribution in [3.63, 3.8) is 0 Å². The normalized spacial score (nSPS) is 29.6. The summed E-state index contributed by atoms with van der Waals surface area (Å²) >= 11 is 0. The van der Waals surface area contributed by atoms with E-state index in [4.69, 9.17) is 10.5 Å². The molecule has 2 saturated carbocycles. The number of nitrogens with zero attached hydrogens (tertiary/aromatic N) is 1. The summed E-state index contributed by atoms with van der Waals surface area (Å²) in [6, 6.07) is 0.730. The highest BCUT2D eigenvalue weighted by atomic mass is 16.5. The van der Waals surface area contributed by atoms with Gasteiger partial charge < -0.3 is 15.4 Å². The summed E-state index contributed by atoms with van der Waals surface area (Å²) in [6.07, 6.45) is 8.01. The third-order valence-electron chi connectivity index (χ3n) is 5.01. The first-order chi connectivity index (χ1) is 9.10. The van der Waals surface area contributed by atoms with E-state index in [0.717, 1.165) is 45.1 Å². The predicted molar refractivity (Wildman–Crippen MR) is 75.8 cm³/mol. The van der Waals surface area contributed by atoms with Crippen LogP contribution in [0.1, 0.15) is 58.3 Å². The van der Waals surface area contributed by atoms with Crippen molar-refractivity contribution in [1.29, 1.82) is 0 Å². The number of rotatable bonds is 5. The van der Waals surface area contributed by atoms with Gasteiger partial charge in [-0.3, -0.25) is 4.79 Å². The van der Waals surface area contributed by atoms with Crippen molar-refractivity contribution in [3.05, 3.63) is 0 Å². The zero-order valence-corrected chi connectivity index (χ0v) is 12.4. The average molecular weight is 268 g/mol. The molecule has 2 aliphatic rings. The van der Waals surface area contributed by atoms with Crippen molar-refractivity contribution < 1.29 is 9.53 Å². The smallest absolute Gasteiger partial charge is 0.225 e. The van der Waals surface area contributed by atoms with E-state index in [0.29, 0.717) is 18.5 Å². The van der Waals surface area contributed by atoms with Gasteiger partial charge in [0.25, 0.3) is 0 Å². The fourth-order valence-corrected chi connectivity index (χ4v) is 3.45. The second kappa shape index (κ2) is 6.23. The fourth-order valence-electron chi connectivity index (χ4n) is 3.45. The van der Waals surface area contributed by atoms with Gasteiger partial charge in [-0.1, -0.05) is 0 Å². The van der Waals surface area contributed by atoms with Gasteiger partial charge in [0, 0.05) is 25.7 Å². The topological polar surface area (TPSA) is 55.6 Å². The zero-order chi connectivity index (χ0) is 13.9. The van der Waals surface area contributed by atoms with Crippen LogP contribution < -0.4 is 5.73 Å². The zero-order valence-electron chi connectivity index (χ0n) is 12.4. The molecule has 4 nitrogen and oxygen atoms in total. The number of methoxy groups -OCH3 is 1. The van der Waals surface area contributed by atoms with Crippen LogP contribution in [0.4, 0.5) is 0 Å². The second-order valence-corrected chi connectivity index (χ2v) is 6.17. The Bertz CT molecular complexity index is 302. The molecule has 0 saturated heterocycles. The minimum absolute atomic E-state index is 0.157. The van der Waals surface area contributed by atoms with Crippen LogP contribution in [0.15, 0.2) is 0 Å². The lowest BCUT2D eigenvalue weighted by molar-refractivity contribution is -0.146. The Hall–Kier alpha value is -0.610. The summed E-state index contributed by atoms with van der Waals surface area (Å²) in [6.45, 7) is 2.88. The Kier molecular flexibility index (Phi) is 4.85. The van der Waals surface area contributed by atoms with Gasteiger partial charge in [0.15, 0.2) is 0 Å². The van der Waals surface area contributed by atoms with Crippen molar-refractivity contribution in [2.45, 2.75) is 76.0 Å². The van der Waals surface area contributed by atoms with Crippen molar-refractivity contribution >= 4 is 5.91 Å². The van der Waals surface area contributed by atoms with E-state index < -0.39 is 0 Å². The van der Waals surface area contributed by atoms with Crippen LogP contribution in [0, 0.1) is 0 Å². The molecule has 19 heavy (non-hydrogen) atoms. The molecule has 2 aliphatic carbocycles. The van der Waals surface area contributed by atoms with Gasteiger partial charge in [0.1, 0.15) is 0 Å². The molecule has 0 aromatic heterocycles. The first-order valence-electron chi connectivity index (χ1n) is 7.70. The second-order valence-electron chi connectivity index (χ2n) is 6.17. The Morgan fingerprint density at radius 3 is 2.37 bits per heavy atom. The molecule has 0 bridgehead atoms. The fraction of sp³-hybridized carbons (Fsp3) is 0.933. The number of hydrogen-bond donors (Lipinski definition) is 1. The number of amides is 1. The minimum atomic E-state index is -0.157. The van der Waals surface area contributed by atoms with Crippen molar-refractivity contribution in [2.24, 2.45) is 5.73 Å². The van der Waals surface area contributed by atoms with E-state index in [1.807, 2.05) is 0 Å². The Labute approximate surface area is 116 Å². The number of hydrogen-bond acceptors (Lipinski definition) is 3. The summed E-state index contributed by atoms with van der Waals surface area (Å²) < 4.78 is 5.58. The summed E-state index contributed by atoms with van der Waals surface area (Å²) in [4.78, 5) is 14.6. The lowest BCUT2D eigenvalue weighted by Gasteiger charge is -2.43. The van der Waals surface area contributed by atoms with E-state index in [2.05, 4.69) is 11.8 Å². The van der Waals surface area contributed by atoms with Crippen LogP contribution in [0.5, 0.6) is 0 Å². The van der Waals surface area contributed by atoms with Crippen LogP contribution >= 0.6 is 0 Å². The van der Waals surface area contributed by atoms with Crippen LogP contribution in [0.2, 0.25) is 0 Å². The molecule has 0 spiro atoms. The van der Waals surface area contributed by atoms with E-state index in [1.165, 1.54) is 6.42 Å². The number of carbonyl (C=O) groups is 1. The molecule has 0 unspecified atom stereocenters. The molecule has 110 valence electrons. The van der Waals surface area contributed by atoms with Crippen molar-refractivity contribution in [1.82, 2.24) is 4.90 Å². The molecule has 1 amide bonds. The highest BCUT2D eigenvalue weighted by molar-refractivity contribution is 5.77. The van der Waals surface area contributed by atoms with E-state index in [9.17, 15) is 4.79 Å². The predicted octanol–water partition coefficient (Wildman–Crippen LogP) is 2.06. The first-order valence-corrected chi connectivity index (χ1v) is 7.70. The number of ether oxygens (including phenoxy) is 1. The van der Waals surface area contributed by atoms with Gasteiger partial charge in [-0.15, -0.1) is 0 Å². The average Bonchev–Trinajstić information content (AvgIpc) is 2.37. The molecule has 0 aliphatic heterocycles. The quantitative estimate of drug-likeness (QED) is 0.830. The van der Waals surface area contributed by atoms with E-state index in [-0.39, 0.29) is 11.5 Å².